The van der Waals surface area contributed by atoms with Crippen LogP contribution in [0.3, 0.4) is 0 Å². The number of nitro groups is 1. The van der Waals surface area contributed by atoms with E-state index in [1.165, 1.54) is 6.08 Å². The highest BCUT2D eigenvalue weighted by molar-refractivity contribution is 5.89. The minimum atomic E-state index is -0.480. The molecule has 0 bridgehead atoms. The molecule has 21 heavy (non-hydrogen) atoms. The molecule has 0 aliphatic heterocycles. The first-order valence-corrected chi connectivity index (χ1v) is 6.38. The van der Waals surface area contributed by atoms with Gasteiger partial charge in [0.1, 0.15) is 11.5 Å². The summed E-state index contributed by atoms with van der Waals surface area (Å²) in [5.41, 5.74) is 1.64. The van der Waals surface area contributed by atoms with Crippen LogP contribution in [-0.2, 0) is 0 Å². The van der Waals surface area contributed by atoms with Crippen molar-refractivity contribution in [2.24, 2.45) is 0 Å². The molecule has 1 heterocycles. The molecule has 3 rings (SSSR count). The summed E-state index contributed by atoms with van der Waals surface area (Å²) >= 11 is 0. The number of aromatic amines is 1. The maximum atomic E-state index is 10.4. The molecule has 104 valence electrons. The largest absolute Gasteiger partial charge is 0.457 e. The van der Waals surface area contributed by atoms with E-state index >= 15 is 0 Å². The normalized spacial score (nSPS) is 11.0. The first-order valence-electron chi connectivity index (χ1n) is 6.38. The number of fused-ring (bicyclic) bond motifs is 1. The van der Waals surface area contributed by atoms with Crippen molar-refractivity contribution in [3.8, 4) is 11.5 Å². The average molecular weight is 280 g/mol. The van der Waals surface area contributed by atoms with Gasteiger partial charge in [0.25, 0.3) is 0 Å². The van der Waals surface area contributed by atoms with Crippen molar-refractivity contribution in [2.75, 3.05) is 0 Å². The molecule has 0 saturated heterocycles. The van der Waals surface area contributed by atoms with Gasteiger partial charge in [-0.2, -0.15) is 0 Å². The zero-order valence-corrected chi connectivity index (χ0v) is 11.0. The number of nitrogens with zero attached hydrogens (tertiary/aromatic N) is 1. The summed E-state index contributed by atoms with van der Waals surface area (Å²) in [4.78, 5) is 13.0. The minimum absolute atomic E-state index is 0.480. The standard InChI is InChI=1S/C16H12N2O3/c19-18(20)9-8-12-11-17-16-10-14(6-7-15(12)16)21-13-4-2-1-3-5-13/h1-11,17H. The smallest absolute Gasteiger partial charge is 0.235 e. The van der Waals surface area contributed by atoms with Crippen LogP contribution < -0.4 is 4.74 Å². The summed E-state index contributed by atoms with van der Waals surface area (Å²) in [5.74, 6) is 1.47. The van der Waals surface area contributed by atoms with Crippen LogP contribution in [0.4, 0.5) is 0 Å². The van der Waals surface area contributed by atoms with Crippen LogP contribution in [-0.4, -0.2) is 9.91 Å². The Labute approximate surface area is 120 Å². The Morgan fingerprint density at radius 3 is 2.67 bits per heavy atom. The van der Waals surface area contributed by atoms with Crippen molar-refractivity contribution < 1.29 is 9.66 Å². The average Bonchev–Trinajstić information content (AvgIpc) is 2.88. The zero-order valence-electron chi connectivity index (χ0n) is 11.0. The molecule has 0 radical (unpaired) electrons. The van der Waals surface area contributed by atoms with Crippen LogP contribution in [0.25, 0.3) is 17.0 Å². The third kappa shape index (κ3) is 2.92. The predicted octanol–water partition coefficient (Wildman–Crippen LogP) is 4.21. The van der Waals surface area contributed by atoms with Crippen molar-refractivity contribution in [1.29, 1.82) is 0 Å². The Morgan fingerprint density at radius 2 is 1.90 bits per heavy atom. The minimum Gasteiger partial charge on any atom is -0.457 e. The summed E-state index contributed by atoms with van der Waals surface area (Å²) in [7, 11) is 0. The van der Waals surface area contributed by atoms with Crippen LogP contribution in [0, 0.1) is 10.1 Å². The second kappa shape index (κ2) is 5.50. The Bertz CT molecular complexity index is 807. The summed E-state index contributed by atoms with van der Waals surface area (Å²) < 4.78 is 5.75. The number of H-pyrrole nitrogens is 1. The fraction of sp³-hybridized carbons (Fsp3) is 0. The van der Waals surface area contributed by atoms with E-state index in [9.17, 15) is 10.1 Å². The maximum absolute atomic E-state index is 10.4. The summed E-state index contributed by atoms with van der Waals surface area (Å²) in [6.45, 7) is 0. The van der Waals surface area contributed by atoms with E-state index < -0.39 is 4.92 Å². The van der Waals surface area contributed by atoms with E-state index in [4.69, 9.17) is 4.74 Å². The molecule has 0 saturated carbocycles. The van der Waals surface area contributed by atoms with Crippen molar-refractivity contribution >= 4 is 17.0 Å². The second-order valence-electron chi connectivity index (χ2n) is 4.47. The Morgan fingerprint density at radius 1 is 1.10 bits per heavy atom. The molecule has 0 aliphatic carbocycles. The first-order chi connectivity index (χ1) is 10.2. The molecular weight excluding hydrogens is 268 g/mol. The van der Waals surface area contributed by atoms with Crippen molar-refractivity contribution in [2.45, 2.75) is 0 Å². The molecule has 0 atom stereocenters. The van der Waals surface area contributed by atoms with Crippen molar-refractivity contribution in [3.63, 3.8) is 0 Å². The summed E-state index contributed by atoms with van der Waals surface area (Å²) in [5, 5.41) is 11.3. The van der Waals surface area contributed by atoms with Crippen LogP contribution in [0.5, 0.6) is 11.5 Å². The topological polar surface area (TPSA) is 68.2 Å². The predicted molar refractivity (Wildman–Crippen MR) is 80.8 cm³/mol. The SMILES string of the molecule is O=[N+]([O-])C=Cc1c[nH]c2cc(Oc3ccccc3)ccc12. The Kier molecular flexibility index (Phi) is 3.39. The highest BCUT2D eigenvalue weighted by Gasteiger charge is 2.04. The number of rotatable bonds is 4. The van der Waals surface area contributed by atoms with E-state index in [0.29, 0.717) is 5.75 Å². The van der Waals surface area contributed by atoms with Crippen molar-refractivity contribution in [3.05, 3.63) is 76.6 Å². The fourth-order valence-corrected chi connectivity index (χ4v) is 2.09. The Balaban J connectivity index is 1.90. The molecule has 0 unspecified atom stereocenters. The van der Waals surface area contributed by atoms with Gasteiger partial charge in [-0.25, -0.2) is 0 Å². The number of para-hydroxylation sites is 1. The molecule has 2 aromatic carbocycles. The molecule has 1 aromatic heterocycles. The van der Waals surface area contributed by atoms with E-state index in [0.717, 1.165) is 28.4 Å². The van der Waals surface area contributed by atoms with Crippen LogP contribution in [0.15, 0.2) is 60.9 Å². The molecule has 0 aliphatic rings. The van der Waals surface area contributed by atoms with Gasteiger partial charge >= 0.3 is 0 Å². The van der Waals surface area contributed by atoms with Gasteiger partial charge in [0, 0.05) is 34.8 Å². The lowest BCUT2D eigenvalue weighted by Gasteiger charge is -2.05. The number of hydrogen-bond donors (Lipinski definition) is 1. The van der Waals surface area contributed by atoms with Gasteiger partial charge in [-0.15, -0.1) is 0 Å². The lowest BCUT2D eigenvalue weighted by Crippen LogP contribution is -1.83. The molecule has 5 nitrogen and oxygen atoms in total. The van der Waals surface area contributed by atoms with Gasteiger partial charge in [-0.1, -0.05) is 18.2 Å². The summed E-state index contributed by atoms with van der Waals surface area (Å²) in [6, 6.07) is 15.1. The van der Waals surface area contributed by atoms with Crippen LogP contribution >= 0.6 is 0 Å². The van der Waals surface area contributed by atoms with Gasteiger partial charge < -0.3 is 9.72 Å². The second-order valence-corrected chi connectivity index (χ2v) is 4.47. The quantitative estimate of drug-likeness (QED) is 0.575. The number of ether oxygens (including phenoxy) is 1. The van der Waals surface area contributed by atoms with E-state index in [2.05, 4.69) is 4.98 Å². The number of aromatic nitrogens is 1. The molecule has 1 N–H and O–H groups in total. The summed E-state index contributed by atoms with van der Waals surface area (Å²) in [6.07, 6.45) is 4.13. The maximum Gasteiger partial charge on any atom is 0.235 e. The number of benzene rings is 2. The van der Waals surface area contributed by atoms with E-state index in [-0.39, 0.29) is 0 Å². The monoisotopic (exact) mass is 280 g/mol. The van der Waals surface area contributed by atoms with E-state index in [1.807, 2.05) is 48.5 Å². The first kappa shape index (κ1) is 12.9. The molecule has 0 fully saturated rings. The fourth-order valence-electron chi connectivity index (χ4n) is 2.09. The zero-order chi connectivity index (χ0) is 14.7. The molecule has 0 amide bonds. The van der Waals surface area contributed by atoms with Gasteiger partial charge in [0.15, 0.2) is 0 Å². The van der Waals surface area contributed by atoms with Crippen LogP contribution in [0.2, 0.25) is 0 Å². The highest BCUT2D eigenvalue weighted by Crippen LogP contribution is 2.27. The number of nitrogens with one attached hydrogen (secondary N) is 1. The molecule has 3 aromatic rings. The molecule has 5 heteroatoms. The lowest BCUT2D eigenvalue weighted by atomic mass is 10.1. The third-order valence-electron chi connectivity index (χ3n) is 3.04. The van der Waals surface area contributed by atoms with E-state index in [1.54, 1.807) is 6.20 Å². The van der Waals surface area contributed by atoms with Gasteiger partial charge in [0.2, 0.25) is 6.20 Å². The number of hydrogen-bond acceptors (Lipinski definition) is 3. The highest BCUT2D eigenvalue weighted by atomic mass is 16.6. The van der Waals surface area contributed by atoms with Gasteiger partial charge in [-0.3, -0.25) is 10.1 Å². The third-order valence-corrected chi connectivity index (χ3v) is 3.04. The molecular formula is C16H12N2O3. The van der Waals surface area contributed by atoms with Gasteiger partial charge in [0.05, 0.1) is 4.92 Å². The lowest BCUT2D eigenvalue weighted by molar-refractivity contribution is -0.400. The molecule has 0 spiro atoms. The Hall–Kier alpha value is -3.08. The van der Waals surface area contributed by atoms with Crippen LogP contribution in [0.1, 0.15) is 5.56 Å². The van der Waals surface area contributed by atoms with Gasteiger partial charge in [-0.05, 0) is 24.3 Å². The van der Waals surface area contributed by atoms with Crippen molar-refractivity contribution in [1.82, 2.24) is 4.98 Å².